The van der Waals surface area contributed by atoms with E-state index in [1.807, 2.05) is 49.4 Å². The summed E-state index contributed by atoms with van der Waals surface area (Å²) in [5.41, 5.74) is 6.17. The van der Waals surface area contributed by atoms with Crippen molar-refractivity contribution in [3.05, 3.63) is 107 Å². The lowest BCUT2D eigenvalue weighted by atomic mass is 9.82. The Hall–Kier alpha value is -6.10. The van der Waals surface area contributed by atoms with Gasteiger partial charge in [0.1, 0.15) is 11.8 Å². The average molecular weight is 891 g/mol. The highest BCUT2D eigenvalue weighted by Gasteiger charge is 2.48. The normalized spacial score (nSPS) is 20.5. The van der Waals surface area contributed by atoms with Crippen LogP contribution in [0.25, 0.3) is 11.1 Å². The van der Waals surface area contributed by atoms with E-state index < -0.39 is 28.0 Å². The molecule has 4 atom stereocenters. The summed E-state index contributed by atoms with van der Waals surface area (Å²) in [4.78, 5) is 64.3. The van der Waals surface area contributed by atoms with Gasteiger partial charge >= 0.3 is 0 Å². The molecular formula is C48H54N6O9S. The number of imide groups is 1. The number of piperidine rings is 1. The van der Waals surface area contributed by atoms with E-state index in [-0.39, 0.29) is 66.5 Å². The number of nitrogens with zero attached hydrogens (tertiary/aromatic N) is 2. The number of aliphatic hydroxyl groups excluding tert-OH is 1. The van der Waals surface area contributed by atoms with E-state index in [1.165, 1.54) is 4.90 Å². The first-order valence-electron chi connectivity index (χ1n) is 22.1. The van der Waals surface area contributed by atoms with Crippen molar-refractivity contribution < 1.29 is 42.2 Å². The Bertz CT molecular complexity index is 2550. The summed E-state index contributed by atoms with van der Waals surface area (Å²) >= 11 is 0. The minimum Gasteiger partial charge on any atom is -0.493 e. The number of carbonyl (C=O) groups excluding carboxylic acids is 5. The Balaban J connectivity index is 0.770. The van der Waals surface area contributed by atoms with E-state index in [0.717, 1.165) is 33.5 Å². The van der Waals surface area contributed by atoms with Gasteiger partial charge in [0.05, 0.1) is 36.7 Å². The van der Waals surface area contributed by atoms with Crippen molar-refractivity contribution in [3.63, 3.8) is 0 Å². The number of ether oxygens (including phenoxy) is 1. The number of unbranched alkanes of at least 4 members (excludes halogenated alkanes) is 2. The quantitative estimate of drug-likeness (QED) is 0.0672. The van der Waals surface area contributed by atoms with Crippen molar-refractivity contribution in [2.75, 3.05) is 36.9 Å². The van der Waals surface area contributed by atoms with E-state index in [0.29, 0.717) is 81.6 Å². The van der Waals surface area contributed by atoms with Gasteiger partial charge in [-0.05, 0) is 111 Å². The second kappa shape index (κ2) is 19.3. The molecule has 8 rings (SSSR count). The standard InChI is InChI=1S/C48H54N6O9S/c1-30-14-17-34(18-15-30)64(61,62)54-24-22-36-40(29-55)51-39-19-16-32(27-37(39)46(36)54)31-8-6-9-33(26-31)50-44(57)13-3-2-12-43(56)49-23-4-5-25-63-42-11-7-10-35-38(42)28-53(48(35)60)41-20-21-45(58)52-47(41)59/h6-11,14-19,26-27,36,40-41,46,51,55H,2-5,12-13,20-25,28-29H2,1H3,(H,49,56)(H,50,57)(H,52,58,59)/t36-,40+,41?,46-/m1/s1. The summed E-state index contributed by atoms with van der Waals surface area (Å²) in [5, 5.41) is 21.9. The number of aryl methyl sites for hydroxylation is 1. The van der Waals surface area contributed by atoms with Gasteiger partial charge in [-0.3, -0.25) is 29.3 Å². The van der Waals surface area contributed by atoms with E-state index in [4.69, 9.17) is 4.74 Å². The zero-order valence-electron chi connectivity index (χ0n) is 35.8. The average Bonchev–Trinajstić information content (AvgIpc) is 3.89. The molecule has 5 amide bonds. The molecule has 0 aromatic heterocycles. The molecule has 336 valence electrons. The highest BCUT2D eigenvalue weighted by molar-refractivity contribution is 7.89. The van der Waals surface area contributed by atoms with Crippen LogP contribution in [-0.2, 0) is 35.7 Å². The molecule has 64 heavy (non-hydrogen) atoms. The van der Waals surface area contributed by atoms with Crippen LogP contribution < -0.4 is 26.0 Å². The molecule has 4 aromatic carbocycles. The number of anilines is 2. The summed E-state index contributed by atoms with van der Waals surface area (Å²) in [7, 11) is -3.81. The van der Waals surface area contributed by atoms with E-state index >= 15 is 0 Å². The van der Waals surface area contributed by atoms with Crippen LogP contribution in [0.1, 0.15) is 90.9 Å². The van der Waals surface area contributed by atoms with E-state index in [2.05, 4.69) is 21.3 Å². The van der Waals surface area contributed by atoms with Gasteiger partial charge in [-0.2, -0.15) is 4.31 Å². The highest BCUT2D eigenvalue weighted by atomic mass is 32.2. The van der Waals surface area contributed by atoms with Crippen LogP contribution in [0.5, 0.6) is 5.75 Å². The van der Waals surface area contributed by atoms with Crippen molar-refractivity contribution in [2.45, 2.75) is 94.3 Å². The number of fused-ring (bicyclic) bond motifs is 4. The minimum atomic E-state index is -3.81. The topological polar surface area (TPSA) is 204 Å². The van der Waals surface area contributed by atoms with Gasteiger partial charge in [-0.25, -0.2) is 8.42 Å². The van der Waals surface area contributed by atoms with Gasteiger partial charge in [0, 0.05) is 60.8 Å². The van der Waals surface area contributed by atoms with Gasteiger partial charge in [0.15, 0.2) is 0 Å². The molecule has 4 aliphatic heterocycles. The van der Waals surface area contributed by atoms with Crippen LogP contribution >= 0.6 is 0 Å². The first-order chi connectivity index (χ1) is 30.9. The molecule has 4 heterocycles. The number of hydrogen-bond acceptors (Lipinski definition) is 10. The molecule has 2 saturated heterocycles. The number of hydrogen-bond donors (Lipinski definition) is 5. The number of sulfonamides is 1. The number of rotatable bonds is 17. The zero-order valence-corrected chi connectivity index (χ0v) is 36.6. The Morgan fingerprint density at radius 2 is 1.64 bits per heavy atom. The molecule has 0 spiro atoms. The van der Waals surface area contributed by atoms with Gasteiger partial charge in [-0.1, -0.05) is 42.0 Å². The lowest BCUT2D eigenvalue weighted by Crippen LogP contribution is -2.52. The van der Waals surface area contributed by atoms with Crippen molar-refractivity contribution in [3.8, 4) is 16.9 Å². The predicted molar refractivity (Wildman–Crippen MR) is 240 cm³/mol. The maximum Gasteiger partial charge on any atom is 0.255 e. The number of nitrogens with one attached hydrogen (secondary N) is 4. The lowest BCUT2D eigenvalue weighted by Gasteiger charge is -2.39. The Morgan fingerprint density at radius 1 is 0.875 bits per heavy atom. The van der Waals surface area contributed by atoms with Crippen LogP contribution in [0.4, 0.5) is 11.4 Å². The third kappa shape index (κ3) is 9.54. The van der Waals surface area contributed by atoms with Crippen LogP contribution in [0.3, 0.4) is 0 Å². The molecule has 0 saturated carbocycles. The molecule has 0 radical (unpaired) electrons. The molecule has 0 bridgehead atoms. The number of aliphatic hydroxyl groups is 1. The van der Waals surface area contributed by atoms with Crippen molar-refractivity contribution in [1.82, 2.24) is 19.8 Å². The Kier molecular flexibility index (Phi) is 13.4. The number of amides is 5. The van der Waals surface area contributed by atoms with Crippen LogP contribution in [-0.4, -0.2) is 90.7 Å². The molecule has 4 aliphatic rings. The summed E-state index contributed by atoms with van der Waals surface area (Å²) in [6.45, 7) is 3.24. The van der Waals surface area contributed by atoms with Crippen LogP contribution in [0.2, 0.25) is 0 Å². The second-order valence-corrected chi connectivity index (χ2v) is 18.9. The first-order valence-corrected chi connectivity index (χ1v) is 23.5. The fraction of sp³-hybridized carbons (Fsp3) is 0.396. The van der Waals surface area contributed by atoms with Gasteiger partial charge < -0.3 is 30.7 Å². The molecular weight excluding hydrogens is 837 g/mol. The predicted octanol–water partition coefficient (Wildman–Crippen LogP) is 5.44. The molecule has 5 N–H and O–H groups in total. The van der Waals surface area contributed by atoms with E-state index in [9.17, 15) is 37.5 Å². The monoisotopic (exact) mass is 890 g/mol. The summed E-state index contributed by atoms with van der Waals surface area (Å²) in [6, 6.07) is 24.1. The molecule has 2 fully saturated rings. The SMILES string of the molecule is Cc1ccc(S(=O)(=O)N2CC[C@@H]3[C@H](CO)Nc4ccc(-c5cccc(NC(=O)CCCCC(=O)NCCCCOc6cccc7c6CN(C6CCC(=O)NC6=O)C7=O)c5)cc4[C@@H]32)cc1. The Morgan fingerprint density at radius 3 is 2.42 bits per heavy atom. The smallest absolute Gasteiger partial charge is 0.255 e. The minimum absolute atomic E-state index is 0.0890. The van der Waals surface area contributed by atoms with Gasteiger partial charge in [-0.15, -0.1) is 0 Å². The largest absolute Gasteiger partial charge is 0.493 e. The number of benzene rings is 4. The third-order valence-corrected chi connectivity index (χ3v) is 14.6. The number of carbonyl (C=O) groups is 5. The van der Waals surface area contributed by atoms with Crippen molar-refractivity contribution in [2.24, 2.45) is 5.92 Å². The molecule has 4 aromatic rings. The summed E-state index contributed by atoms with van der Waals surface area (Å²) in [5.74, 6) is -0.828. The Labute approximate surface area is 373 Å². The summed E-state index contributed by atoms with van der Waals surface area (Å²) < 4.78 is 35.6. The van der Waals surface area contributed by atoms with Gasteiger partial charge in [0.2, 0.25) is 33.7 Å². The maximum absolute atomic E-state index is 14.0. The molecule has 1 unspecified atom stereocenters. The second-order valence-electron chi connectivity index (χ2n) is 17.0. The molecule has 15 nitrogen and oxygen atoms in total. The first kappa shape index (κ1) is 44.5. The fourth-order valence-electron chi connectivity index (χ4n) is 9.30. The van der Waals surface area contributed by atoms with E-state index in [1.54, 1.807) is 46.8 Å². The van der Waals surface area contributed by atoms with Crippen LogP contribution in [0.15, 0.2) is 89.8 Å². The molecule has 0 aliphatic carbocycles. The summed E-state index contributed by atoms with van der Waals surface area (Å²) in [6.07, 6.45) is 4.08. The van der Waals surface area contributed by atoms with Gasteiger partial charge in [0.25, 0.3) is 5.91 Å². The lowest BCUT2D eigenvalue weighted by molar-refractivity contribution is -0.137. The fourth-order valence-corrected chi connectivity index (χ4v) is 11.0. The van der Waals surface area contributed by atoms with Crippen LogP contribution in [0, 0.1) is 12.8 Å². The zero-order chi connectivity index (χ0) is 45.0. The highest BCUT2D eigenvalue weighted by Crippen LogP contribution is 2.49. The maximum atomic E-state index is 14.0. The third-order valence-electron chi connectivity index (χ3n) is 12.7. The van der Waals surface area contributed by atoms with Crippen molar-refractivity contribution in [1.29, 1.82) is 0 Å². The molecule has 16 heteroatoms. The van der Waals surface area contributed by atoms with Crippen molar-refractivity contribution >= 4 is 50.9 Å².